The molecule has 5 nitrogen and oxygen atoms in total. The zero-order chi connectivity index (χ0) is 18.7. The summed E-state index contributed by atoms with van der Waals surface area (Å²) in [6.07, 6.45) is 2.57. The fraction of sp³-hybridized carbons (Fsp3) is 0.619. The number of Topliss-reactive ketones (excluding diaryl/α,β-unsaturated/α-hetero) is 1. The summed E-state index contributed by atoms with van der Waals surface area (Å²) in [6.45, 7) is 5.48. The molecular weight excluding hydrogens is 326 g/mol. The summed E-state index contributed by atoms with van der Waals surface area (Å²) >= 11 is 0. The Labute approximate surface area is 156 Å². The molecule has 1 atom stereocenters. The Kier molecular flexibility index (Phi) is 5.78. The van der Waals surface area contributed by atoms with Crippen molar-refractivity contribution in [2.24, 2.45) is 0 Å². The molecule has 26 heavy (non-hydrogen) atoms. The minimum Gasteiger partial charge on any atom is -0.341 e. The number of benzene rings is 1. The van der Waals surface area contributed by atoms with E-state index in [1.54, 1.807) is 6.92 Å². The number of rotatable bonds is 5. The van der Waals surface area contributed by atoms with Gasteiger partial charge in [0.15, 0.2) is 0 Å². The van der Waals surface area contributed by atoms with Gasteiger partial charge in [-0.2, -0.15) is 0 Å². The van der Waals surface area contributed by atoms with Crippen LogP contribution in [-0.2, 0) is 15.0 Å². The molecule has 1 amide bonds. The Morgan fingerprint density at radius 1 is 1.12 bits per heavy atom. The molecule has 0 aliphatic carbocycles. The molecule has 1 aromatic carbocycles. The minimum atomic E-state index is -0.429. The lowest BCUT2D eigenvalue weighted by atomic mass is 9.70. The van der Waals surface area contributed by atoms with Crippen molar-refractivity contribution >= 4 is 11.7 Å². The molecule has 0 radical (unpaired) electrons. The van der Waals surface area contributed by atoms with E-state index in [-0.39, 0.29) is 11.7 Å². The molecule has 2 fully saturated rings. The summed E-state index contributed by atoms with van der Waals surface area (Å²) in [6, 6.07) is 10.6. The van der Waals surface area contributed by atoms with Gasteiger partial charge in [0.25, 0.3) is 0 Å². The monoisotopic (exact) mass is 357 g/mol. The number of hydrogen-bond acceptors (Lipinski definition) is 4. The number of piperidine rings is 1. The van der Waals surface area contributed by atoms with Gasteiger partial charge >= 0.3 is 0 Å². The lowest BCUT2D eigenvalue weighted by Crippen LogP contribution is -2.50. The molecule has 0 spiro atoms. The molecule has 0 aromatic heterocycles. The van der Waals surface area contributed by atoms with Crippen LogP contribution in [0.1, 0.15) is 31.7 Å². The maximum Gasteiger partial charge on any atom is 0.236 e. The Bertz CT molecular complexity index is 636. The first-order valence-corrected chi connectivity index (χ1v) is 9.65. The Balaban J connectivity index is 1.59. The summed E-state index contributed by atoms with van der Waals surface area (Å²) < 4.78 is 0. The highest BCUT2D eigenvalue weighted by Crippen LogP contribution is 2.36. The smallest absolute Gasteiger partial charge is 0.236 e. The molecule has 5 heteroatoms. The second-order valence-electron chi connectivity index (χ2n) is 8.03. The van der Waals surface area contributed by atoms with E-state index in [1.165, 1.54) is 0 Å². The van der Waals surface area contributed by atoms with Gasteiger partial charge in [-0.25, -0.2) is 0 Å². The molecule has 0 saturated carbocycles. The van der Waals surface area contributed by atoms with Gasteiger partial charge in [-0.15, -0.1) is 0 Å². The number of likely N-dealkylation sites (tertiary alicyclic amines) is 2. The highest BCUT2D eigenvalue weighted by atomic mass is 16.2. The van der Waals surface area contributed by atoms with Crippen molar-refractivity contribution in [3.8, 4) is 0 Å². The number of amides is 1. The molecule has 2 aliphatic heterocycles. The molecule has 1 aromatic rings. The molecule has 142 valence electrons. The van der Waals surface area contributed by atoms with E-state index in [0.29, 0.717) is 25.7 Å². The second kappa shape index (κ2) is 7.89. The van der Waals surface area contributed by atoms with E-state index in [9.17, 15) is 9.59 Å². The van der Waals surface area contributed by atoms with Crippen molar-refractivity contribution in [3.05, 3.63) is 35.9 Å². The second-order valence-corrected chi connectivity index (χ2v) is 8.03. The molecule has 2 aliphatic rings. The van der Waals surface area contributed by atoms with E-state index in [2.05, 4.69) is 23.9 Å². The third kappa shape index (κ3) is 3.84. The lowest BCUT2D eigenvalue weighted by Gasteiger charge is -2.41. The van der Waals surface area contributed by atoms with Crippen LogP contribution in [0, 0.1) is 0 Å². The fourth-order valence-electron chi connectivity index (χ4n) is 4.41. The van der Waals surface area contributed by atoms with Gasteiger partial charge in [-0.3, -0.25) is 14.5 Å². The van der Waals surface area contributed by atoms with Crippen molar-refractivity contribution in [2.45, 2.75) is 37.6 Å². The predicted octanol–water partition coefficient (Wildman–Crippen LogP) is 1.77. The van der Waals surface area contributed by atoms with Gasteiger partial charge in [0.1, 0.15) is 5.78 Å². The minimum absolute atomic E-state index is 0.203. The first-order chi connectivity index (χ1) is 12.4. The van der Waals surface area contributed by atoms with Gasteiger partial charge in [0, 0.05) is 32.2 Å². The SMILES string of the molecule is CC(=O)C1(c2ccccc2)CCN(C(=O)CN2CCC(N(C)C)C2)CC1. The van der Waals surface area contributed by atoms with Gasteiger partial charge in [-0.05, 0) is 45.8 Å². The third-order valence-corrected chi connectivity index (χ3v) is 6.31. The fourth-order valence-corrected chi connectivity index (χ4v) is 4.41. The molecule has 3 rings (SSSR count). The van der Waals surface area contributed by atoms with Gasteiger partial charge < -0.3 is 9.80 Å². The third-order valence-electron chi connectivity index (χ3n) is 6.31. The van der Waals surface area contributed by atoms with Crippen LogP contribution in [0.5, 0.6) is 0 Å². The average molecular weight is 357 g/mol. The van der Waals surface area contributed by atoms with Crippen molar-refractivity contribution in [1.82, 2.24) is 14.7 Å². The summed E-state index contributed by atoms with van der Waals surface area (Å²) in [4.78, 5) is 31.6. The first kappa shape index (κ1) is 19.1. The molecular formula is C21H31N3O2. The summed E-state index contributed by atoms with van der Waals surface area (Å²) in [5.41, 5.74) is 0.662. The Hall–Kier alpha value is -1.72. The van der Waals surface area contributed by atoms with Gasteiger partial charge in [0.05, 0.1) is 12.0 Å². The van der Waals surface area contributed by atoms with Crippen LogP contribution in [0.25, 0.3) is 0 Å². The van der Waals surface area contributed by atoms with E-state index >= 15 is 0 Å². The average Bonchev–Trinajstić information content (AvgIpc) is 3.11. The van der Waals surface area contributed by atoms with Crippen molar-refractivity contribution < 1.29 is 9.59 Å². The first-order valence-electron chi connectivity index (χ1n) is 9.65. The van der Waals surface area contributed by atoms with Crippen LogP contribution in [-0.4, -0.2) is 79.3 Å². The summed E-state index contributed by atoms with van der Waals surface area (Å²) in [5.74, 6) is 0.416. The number of hydrogen-bond donors (Lipinski definition) is 0. The quantitative estimate of drug-likeness (QED) is 0.806. The van der Waals surface area contributed by atoms with Gasteiger partial charge in [0.2, 0.25) is 5.91 Å². The van der Waals surface area contributed by atoms with E-state index < -0.39 is 5.41 Å². The molecule has 0 bridgehead atoms. The maximum absolute atomic E-state index is 12.7. The van der Waals surface area contributed by atoms with E-state index in [1.807, 2.05) is 35.2 Å². The number of carbonyl (C=O) groups is 2. The molecule has 0 N–H and O–H groups in total. The summed E-state index contributed by atoms with van der Waals surface area (Å²) in [5, 5.41) is 0. The maximum atomic E-state index is 12.7. The van der Waals surface area contributed by atoms with Crippen molar-refractivity contribution in [3.63, 3.8) is 0 Å². The van der Waals surface area contributed by atoms with Crippen molar-refractivity contribution in [2.75, 3.05) is 46.8 Å². The zero-order valence-corrected chi connectivity index (χ0v) is 16.3. The summed E-state index contributed by atoms with van der Waals surface area (Å²) in [7, 11) is 4.21. The van der Waals surface area contributed by atoms with E-state index in [4.69, 9.17) is 0 Å². The van der Waals surface area contributed by atoms with Crippen LogP contribution in [0.4, 0.5) is 0 Å². The van der Waals surface area contributed by atoms with Crippen LogP contribution in [0.15, 0.2) is 30.3 Å². The molecule has 2 heterocycles. The normalized spacial score (nSPS) is 23.4. The van der Waals surface area contributed by atoms with Crippen LogP contribution in [0.2, 0.25) is 0 Å². The largest absolute Gasteiger partial charge is 0.341 e. The molecule has 2 saturated heterocycles. The number of likely N-dealkylation sites (N-methyl/N-ethyl adjacent to an activating group) is 1. The van der Waals surface area contributed by atoms with Crippen LogP contribution >= 0.6 is 0 Å². The van der Waals surface area contributed by atoms with Crippen molar-refractivity contribution in [1.29, 1.82) is 0 Å². The number of nitrogens with zero attached hydrogens (tertiary/aromatic N) is 3. The molecule has 1 unspecified atom stereocenters. The van der Waals surface area contributed by atoms with Crippen LogP contribution < -0.4 is 0 Å². The lowest BCUT2D eigenvalue weighted by molar-refractivity contribution is -0.136. The van der Waals surface area contributed by atoms with Crippen LogP contribution in [0.3, 0.4) is 0 Å². The highest BCUT2D eigenvalue weighted by molar-refractivity contribution is 5.88. The number of carbonyl (C=O) groups excluding carboxylic acids is 2. The Morgan fingerprint density at radius 3 is 2.31 bits per heavy atom. The topological polar surface area (TPSA) is 43.9 Å². The Morgan fingerprint density at radius 2 is 1.77 bits per heavy atom. The van der Waals surface area contributed by atoms with E-state index in [0.717, 1.165) is 37.9 Å². The highest BCUT2D eigenvalue weighted by Gasteiger charge is 2.41. The zero-order valence-electron chi connectivity index (χ0n) is 16.3. The number of ketones is 1. The van der Waals surface area contributed by atoms with Gasteiger partial charge in [-0.1, -0.05) is 30.3 Å². The standard InChI is InChI=1S/C21H31N3O2/c1-17(25)21(18-7-5-4-6-8-18)10-13-24(14-11-21)20(26)16-23-12-9-19(15-23)22(2)3/h4-8,19H,9-16H2,1-3H3. The predicted molar refractivity (Wildman–Crippen MR) is 103 cm³/mol.